The van der Waals surface area contributed by atoms with Crippen molar-refractivity contribution in [1.29, 1.82) is 0 Å². The molecule has 30 heavy (non-hydrogen) atoms. The van der Waals surface area contributed by atoms with Gasteiger partial charge in [0.15, 0.2) is 4.96 Å². The number of hydrogen-bond acceptors (Lipinski definition) is 8. The van der Waals surface area contributed by atoms with Gasteiger partial charge in [-0.05, 0) is 24.6 Å². The number of ether oxygens (including phenoxy) is 2. The average molecular weight is 450 g/mol. The number of morpholine rings is 1. The van der Waals surface area contributed by atoms with Crippen LogP contribution in [0.15, 0.2) is 45.5 Å². The van der Waals surface area contributed by atoms with Crippen molar-refractivity contribution in [3.8, 4) is 0 Å². The first kappa shape index (κ1) is 20.7. The number of nitrogens with zero attached hydrogens (tertiary/aromatic N) is 3. The van der Waals surface area contributed by atoms with E-state index in [1.54, 1.807) is 24.6 Å². The van der Waals surface area contributed by atoms with E-state index in [-0.39, 0.29) is 35.7 Å². The molecular formula is C19H19N3O6S2. The first-order valence-electron chi connectivity index (χ1n) is 9.18. The van der Waals surface area contributed by atoms with Crippen LogP contribution in [0.1, 0.15) is 21.6 Å². The molecule has 11 heteroatoms. The molecule has 3 heterocycles. The number of hydrogen-bond donors (Lipinski definition) is 0. The molecule has 4 rings (SSSR count). The van der Waals surface area contributed by atoms with E-state index in [1.165, 1.54) is 38.2 Å². The van der Waals surface area contributed by atoms with Crippen LogP contribution in [0.5, 0.6) is 0 Å². The fraction of sp³-hybridized carbons (Fsp3) is 0.316. The Morgan fingerprint density at radius 2 is 2.03 bits per heavy atom. The van der Waals surface area contributed by atoms with Gasteiger partial charge < -0.3 is 9.47 Å². The monoisotopic (exact) mass is 449 g/mol. The molecule has 3 aromatic rings. The summed E-state index contributed by atoms with van der Waals surface area (Å²) in [5.74, 6) is -0.681. The Bertz CT molecular complexity index is 1260. The fourth-order valence-corrected chi connectivity index (χ4v) is 5.27. The van der Waals surface area contributed by atoms with Crippen molar-refractivity contribution >= 4 is 32.3 Å². The second-order valence-corrected chi connectivity index (χ2v) is 9.52. The molecule has 0 N–H and O–H groups in total. The van der Waals surface area contributed by atoms with Crippen LogP contribution in [-0.4, -0.2) is 54.4 Å². The highest BCUT2D eigenvalue weighted by Gasteiger charge is 2.27. The Balaban J connectivity index is 1.54. The summed E-state index contributed by atoms with van der Waals surface area (Å²) in [6.07, 6.45) is 1.62. The van der Waals surface area contributed by atoms with Gasteiger partial charge in [0, 0.05) is 30.7 Å². The van der Waals surface area contributed by atoms with Crippen molar-refractivity contribution in [3.05, 3.63) is 63.0 Å². The van der Waals surface area contributed by atoms with Crippen LogP contribution in [0.25, 0.3) is 4.96 Å². The molecule has 0 atom stereocenters. The standard InChI is InChI=1S/C19H19N3O6S2/c1-13-2-3-15(30(25,26)21-4-7-27-8-5-21)11-16(13)18(24)28-12-14-10-17(23)22-6-9-29-19(22)20-14/h2-3,6,9-11H,4-5,7-8,12H2,1H3. The van der Waals surface area contributed by atoms with Crippen LogP contribution in [0.4, 0.5) is 0 Å². The summed E-state index contributed by atoms with van der Waals surface area (Å²) < 4.78 is 39.0. The van der Waals surface area contributed by atoms with Gasteiger partial charge in [0.05, 0.1) is 29.4 Å². The lowest BCUT2D eigenvalue weighted by atomic mass is 10.1. The Morgan fingerprint density at radius 3 is 2.80 bits per heavy atom. The first-order valence-corrected chi connectivity index (χ1v) is 11.5. The van der Waals surface area contributed by atoms with Crippen molar-refractivity contribution in [2.75, 3.05) is 26.3 Å². The second-order valence-electron chi connectivity index (χ2n) is 6.71. The highest BCUT2D eigenvalue weighted by molar-refractivity contribution is 7.89. The predicted molar refractivity (Wildman–Crippen MR) is 109 cm³/mol. The third-order valence-electron chi connectivity index (χ3n) is 4.74. The summed E-state index contributed by atoms with van der Waals surface area (Å²) >= 11 is 1.30. The van der Waals surface area contributed by atoms with Gasteiger partial charge in [-0.3, -0.25) is 9.20 Å². The van der Waals surface area contributed by atoms with Crippen LogP contribution in [0.2, 0.25) is 0 Å². The third kappa shape index (κ3) is 4.01. The lowest BCUT2D eigenvalue weighted by Crippen LogP contribution is -2.40. The van der Waals surface area contributed by atoms with E-state index >= 15 is 0 Å². The lowest BCUT2D eigenvalue weighted by molar-refractivity contribution is 0.0466. The fourth-order valence-electron chi connectivity index (χ4n) is 3.10. The Kier molecular flexibility index (Phi) is 5.69. The number of thiazole rings is 1. The second kappa shape index (κ2) is 8.26. The zero-order valence-electron chi connectivity index (χ0n) is 16.1. The summed E-state index contributed by atoms with van der Waals surface area (Å²) in [5.41, 5.74) is 0.800. The van der Waals surface area contributed by atoms with E-state index in [9.17, 15) is 18.0 Å². The van der Waals surface area contributed by atoms with Crippen molar-refractivity contribution in [1.82, 2.24) is 13.7 Å². The van der Waals surface area contributed by atoms with Gasteiger partial charge in [-0.1, -0.05) is 6.07 Å². The maximum absolute atomic E-state index is 12.9. The molecule has 9 nitrogen and oxygen atoms in total. The molecule has 2 aromatic heterocycles. The van der Waals surface area contributed by atoms with Gasteiger partial charge in [0.1, 0.15) is 6.61 Å². The first-order chi connectivity index (χ1) is 14.4. The number of rotatable bonds is 5. The van der Waals surface area contributed by atoms with E-state index < -0.39 is 16.0 Å². The minimum atomic E-state index is -3.73. The third-order valence-corrected chi connectivity index (χ3v) is 7.40. The van der Waals surface area contributed by atoms with E-state index in [2.05, 4.69) is 4.98 Å². The number of carbonyl (C=O) groups excluding carboxylic acids is 1. The predicted octanol–water partition coefficient (Wildman–Crippen LogP) is 1.44. The zero-order chi connectivity index (χ0) is 21.3. The number of fused-ring (bicyclic) bond motifs is 1. The number of carbonyl (C=O) groups is 1. The molecule has 1 aliphatic heterocycles. The molecule has 1 aliphatic rings. The van der Waals surface area contributed by atoms with Crippen LogP contribution in [0, 0.1) is 6.92 Å². The molecule has 0 aliphatic carbocycles. The number of benzene rings is 1. The molecule has 1 aromatic carbocycles. The number of aromatic nitrogens is 2. The van der Waals surface area contributed by atoms with Gasteiger partial charge in [0.2, 0.25) is 10.0 Å². The maximum Gasteiger partial charge on any atom is 0.338 e. The zero-order valence-corrected chi connectivity index (χ0v) is 17.7. The van der Waals surface area contributed by atoms with E-state index in [4.69, 9.17) is 9.47 Å². The highest BCUT2D eigenvalue weighted by atomic mass is 32.2. The molecule has 0 saturated carbocycles. The molecule has 1 saturated heterocycles. The van der Waals surface area contributed by atoms with Crippen molar-refractivity contribution < 1.29 is 22.7 Å². The highest BCUT2D eigenvalue weighted by Crippen LogP contribution is 2.21. The lowest BCUT2D eigenvalue weighted by Gasteiger charge is -2.26. The largest absolute Gasteiger partial charge is 0.456 e. The molecule has 0 amide bonds. The van der Waals surface area contributed by atoms with E-state index in [0.717, 1.165) is 0 Å². The Labute approximate surface area is 176 Å². The Hall–Kier alpha value is -2.60. The van der Waals surface area contributed by atoms with Crippen molar-refractivity contribution in [2.45, 2.75) is 18.4 Å². The molecule has 0 bridgehead atoms. The van der Waals surface area contributed by atoms with Crippen molar-refractivity contribution in [3.63, 3.8) is 0 Å². The molecule has 0 spiro atoms. The summed E-state index contributed by atoms with van der Waals surface area (Å²) in [5, 5.41) is 1.74. The maximum atomic E-state index is 12.9. The summed E-state index contributed by atoms with van der Waals surface area (Å²) in [6, 6.07) is 5.68. The van der Waals surface area contributed by atoms with Crippen molar-refractivity contribution in [2.24, 2.45) is 0 Å². The average Bonchev–Trinajstić information content (AvgIpc) is 3.22. The van der Waals surface area contributed by atoms with Gasteiger partial charge in [-0.2, -0.15) is 4.31 Å². The SMILES string of the molecule is Cc1ccc(S(=O)(=O)N2CCOCC2)cc1C(=O)OCc1cc(=O)n2ccsc2n1. The number of esters is 1. The minimum Gasteiger partial charge on any atom is -0.456 e. The topological polar surface area (TPSA) is 107 Å². The summed E-state index contributed by atoms with van der Waals surface area (Å²) in [4.78, 5) is 29.5. The smallest absolute Gasteiger partial charge is 0.338 e. The number of aryl methyl sites for hydroxylation is 1. The van der Waals surface area contributed by atoms with Crippen LogP contribution in [-0.2, 0) is 26.1 Å². The van der Waals surface area contributed by atoms with Gasteiger partial charge in [-0.15, -0.1) is 11.3 Å². The van der Waals surface area contributed by atoms with Crippen LogP contribution >= 0.6 is 11.3 Å². The molecule has 0 unspecified atom stereocenters. The normalized spacial score (nSPS) is 15.4. The molecule has 1 fully saturated rings. The molecule has 158 valence electrons. The summed E-state index contributed by atoms with van der Waals surface area (Å²) in [7, 11) is -3.73. The van der Waals surface area contributed by atoms with E-state index in [1.807, 2.05) is 0 Å². The molecule has 0 radical (unpaired) electrons. The molecular weight excluding hydrogens is 430 g/mol. The quantitative estimate of drug-likeness (QED) is 0.543. The number of sulfonamides is 1. The van der Waals surface area contributed by atoms with Gasteiger partial charge >= 0.3 is 5.97 Å². The summed E-state index contributed by atoms with van der Waals surface area (Å²) in [6.45, 7) is 2.71. The van der Waals surface area contributed by atoms with E-state index in [0.29, 0.717) is 29.4 Å². The minimum absolute atomic E-state index is 0.0262. The van der Waals surface area contributed by atoms with Crippen LogP contribution < -0.4 is 5.56 Å². The van der Waals surface area contributed by atoms with Gasteiger partial charge in [-0.25, -0.2) is 18.2 Å². The Morgan fingerprint density at radius 1 is 1.27 bits per heavy atom. The van der Waals surface area contributed by atoms with Gasteiger partial charge in [0.25, 0.3) is 5.56 Å². The van der Waals surface area contributed by atoms with Crippen LogP contribution in [0.3, 0.4) is 0 Å².